The van der Waals surface area contributed by atoms with Crippen LogP contribution in [0.25, 0.3) is 11.1 Å². The molecule has 10 nitrogen and oxygen atoms in total. The molecule has 1 saturated heterocycles. The standard InChI is InChI=1S/C44H55N5O5.2ClH/c1-31-16-23-39(41(29-31)54-28-12-8-9-15-42(50)49-26-24-35(25-27-49)47(4)5)48(6)44(52)33-19-22-38(40(30-33)53-7)45-43(51)37-14-11-10-13-36(37)32-17-20-34(21-18-32)46(2)3;;/h10-11,13-14,16-23,29-30,35H,8-9,12,15,24-28H2,1-7H3,(H,45,51);2*1H. The lowest BCUT2D eigenvalue weighted by Gasteiger charge is -2.35. The molecule has 0 atom stereocenters. The van der Waals surface area contributed by atoms with E-state index in [0.717, 1.165) is 67.6 Å². The first-order chi connectivity index (χ1) is 26.0. The Kier molecular flexibility index (Phi) is 17.5. The van der Waals surface area contributed by atoms with Crippen molar-refractivity contribution in [3.63, 3.8) is 0 Å². The molecule has 302 valence electrons. The first-order valence-corrected chi connectivity index (χ1v) is 18.8. The lowest BCUT2D eigenvalue weighted by molar-refractivity contribution is -0.132. The van der Waals surface area contributed by atoms with Crippen LogP contribution in [0.1, 0.15) is 64.8 Å². The highest BCUT2D eigenvalue weighted by Crippen LogP contribution is 2.33. The van der Waals surface area contributed by atoms with Gasteiger partial charge < -0.3 is 34.4 Å². The predicted octanol–water partition coefficient (Wildman–Crippen LogP) is 8.60. The number of amides is 3. The Hall–Kier alpha value is -4.77. The van der Waals surface area contributed by atoms with Crippen molar-refractivity contribution >= 4 is 59.6 Å². The van der Waals surface area contributed by atoms with Gasteiger partial charge in [0.2, 0.25) is 5.91 Å². The van der Waals surface area contributed by atoms with Crippen molar-refractivity contribution in [3.05, 3.63) is 102 Å². The molecule has 1 aliphatic rings. The van der Waals surface area contributed by atoms with Gasteiger partial charge in [-0.15, -0.1) is 24.8 Å². The fraction of sp³-hybridized carbons (Fsp3) is 0.386. The normalized spacial score (nSPS) is 12.6. The Morgan fingerprint density at radius 1 is 0.804 bits per heavy atom. The van der Waals surface area contributed by atoms with Gasteiger partial charge in [-0.05, 0) is 118 Å². The zero-order valence-electron chi connectivity index (χ0n) is 33.7. The number of piperidine rings is 1. The van der Waals surface area contributed by atoms with E-state index in [2.05, 4.69) is 24.3 Å². The second kappa shape index (κ2) is 21.5. The van der Waals surface area contributed by atoms with Crippen LogP contribution >= 0.6 is 24.8 Å². The highest BCUT2D eigenvalue weighted by molar-refractivity contribution is 6.10. The van der Waals surface area contributed by atoms with E-state index in [4.69, 9.17) is 9.47 Å². The van der Waals surface area contributed by atoms with E-state index in [9.17, 15) is 14.4 Å². The summed E-state index contributed by atoms with van der Waals surface area (Å²) in [6, 6.07) is 26.9. The molecule has 0 aliphatic carbocycles. The molecule has 1 N–H and O–H groups in total. The zero-order valence-corrected chi connectivity index (χ0v) is 35.3. The van der Waals surface area contributed by atoms with E-state index in [1.54, 1.807) is 36.2 Å². The van der Waals surface area contributed by atoms with Crippen LogP contribution in [0, 0.1) is 6.92 Å². The Balaban J connectivity index is 0.00000420. The van der Waals surface area contributed by atoms with Crippen molar-refractivity contribution in [3.8, 4) is 22.6 Å². The quantitative estimate of drug-likeness (QED) is 0.120. The number of hydrogen-bond donors (Lipinski definition) is 1. The number of nitrogens with one attached hydrogen (secondary N) is 1. The van der Waals surface area contributed by atoms with Crippen LogP contribution in [0.3, 0.4) is 0 Å². The summed E-state index contributed by atoms with van der Waals surface area (Å²) in [5.74, 6) is 0.696. The number of anilines is 3. The van der Waals surface area contributed by atoms with Gasteiger partial charge in [-0.3, -0.25) is 14.4 Å². The maximum Gasteiger partial charge on any atom is 0.258 e. The minimum absolute atomic E-state index is 0. The van der Waals surface area contributed by atoms with E-state index < -0.39 is 0 Å². The number of halogens is 2. The summed E-state index contributed by atoms with van der Waals surface area (Å²) < 4.78 is 11.9. The molecule has 12 heteroatoms. The van der Waals surface area contributed by atoms with Crippen LogP contribution < -0.4 is 24.6 Å². The number of ether oxygens (including phenoxy) is 2. The van der Waals surface area contributed by atoms with Crippen molar-refractivity contribution < 1.29 is 23.9 Å². The van der Waals surface area contributed by atoms with Crippen LogP contribution in [0.2, 0.25) is 0 Å². The zero-order chi connectivity index (χ0) is 38.8. The molecule has 0 unspecified atom stereocenters. The molecule has 1 heterocycles. The summed E-state index contributed by atoms with van der Waals surface area (Å²) in [6.45, 7) is 4.14. The average Bonchev–Trinajstić information content (AvgIpc) is 3.18. The third-order valence-electron chi connectivity index (χ3n) is 10.2. The van der Waals surface area contributed by atoms with E-state index in [0.29, 0.717) is 53.1 Å². The van der Waals surface area contributed by atoms with Gasteiger partial charge in [-0.1, -0.05) is 36.4 Å². The number of likely N-dealkylation sites (tertiary alicyclic amines) is 1. The van der Waals surface area contributed by atoms with Crippen molar-refractivity contribution in [2.75, 3.05) is 77.2 Å². The van der Waals surface area contributed by atoms with Crippen molar-refractivity contribution in [2.24, 2.45) is 0 Å². The maximum atomic E-state index is 13.8. The maximum absolute atomic E-state index is 13.8. The molecular weight excluding hydrogens is 749 g/mol. The topological polar surface area (TPSA) is 94.7 Å². The third kappa shape index (κ3) is 11.6. The van der Waals surface area contributed by atoms with E-state index in [-0.39, 0.29) is 42.5 Å². The fourth-order valence-corrected chi connectivity index (χ4v) is 6.83. The van der Waals surface area contributed by atoms with Crippen LogP contribution in [0.15, 0.2) is 84.9 Å². The molecule has 0 radical (unpaired) electrons. The summed E-state index contributed by atoms with van der Waals surface area (Å²) in [4.78, 5) is 48.0. The molecule has 1 fully saturated rings. The van der Waals surface area contributed by atoms with Gasteiger partial charge in [-0.2, -0.15) is 0 Å². The van der Waals surface area contributed by atoms with Gasteiger partial charge in [0.15, 0.2) is 0 Å². The summed E-state index contributed by atoms with van der Waals surface area (Å²) in [5, 5.41) is 2.99. The van der Waals surface area contributed by atoms with E-state index in [1.807, 2.05) is 91.5 Å². The molecule has 0 bridgehead atoms. The number of carbonyl (C=O) groups excluding carboxylic acids is 3. The number of benzene rings is 4. The molecule has 0 aromatic heterocycles. The van der Waals surface area contributed by atoms with Crippen LogP contribution in [0.5, 0.6) is 11.5 Å². The molecule has 56 heavy (non-hydrogen) atoms. The molecular formula is C44H57Cl2N5O5. The first-order valence-electron chi connectivity index (χ1n) is 18.8. The van der Waals surface area contributed by atoms with E-state index >= 15 is 0 Å². The lowest BCUT2D eigenvalue weighted by atomic mass is 9.98. The van der Waals surface area contributed by atoms with Gasteiger partial charge in [0, 0.05) is 63.5 Å². The van der Waals surface area contributed by atoms with Gasteiger partial charge in [-0.25, -0.2) is 0 Å². The molecule has 4 aromatic carbocycles. The van der Waals surface area contributed by atoms with Crippen LogP contribution in [-0.2, 0) is 4.79 Å². The monoisotopic (exact) mass is 805 g/mol. The number of nitrogens with zero attached hydrogens (tertiary/aromatic N) is 4. The Morgan fingerprint density at radius 3 is 2.16 bits per heavy atom. The number of carbonyl (C=O) groups is 3. The van der Waals surface area contributed by atoms with E-state index in [1.165, 1.54) is 7.11 Å². The first kappa shape index (κ1) is 45.6. The minimum Gasteiger partial charge on any atom is -0.495 e. The predicted molar refractivity (Wildman–Crippen MR) is 233 cm³/mol. The smallest absolute Gasteiger partial charge is 0.258 e. The number of rotatable bonds is 15. The van der Waals surface area contributed by atoms with Gasteiger partial charge in [0.1, 0.15) is 11.5 Å². The summed E-state index contributed by atoms with van der Waals surface area (Å²) in [6.07, 6.45) is 5.13. The number of unbranched alkanes of at least 4 members (excludes halogenated alkanes) is 2. The molecule has 0 spiro atoms. The molecule has 1 aliphatic heterocycles. The molecule has 0 saturated carbocycles. The summed E-state index contributed by atoms with van der Waals surface area (Å²) in [5.41, 5.74) is 5.85. The van der Waals surface area contributed by atoms with Gasteiger partial charge in [0.25, 0.3) is 11.8 Å². The SMILES string of the molecule is COc1cc(C(=O)N(C)c2ccc(C)cc2OCCCCCC(=O)N2CCC(N(C)C)CC2)ccc1NC(=O)c1ccccc1-c1ccc(N(C)C)cc1.Cl.Cl. The largest absolute Gasteiger partial charge is 0.495 e. The van der Waals surface area contributed by atoms with Gasteiger partial charge >= 0.3 is 0 Å². The Bertz CT molecular complexity index is 1910. The second-order valence-electron chi connectivity index (χ2n) is 14.4. The van der Waals surface area contributed by atoms with Crippen molar-refractivity contribution in [2.45, 2.75) is 51.5 Å². The molecule has 5 rings (SSSR count). The Morgan fingerprint density at radius 2 is 1.50 bits per heavy atom. The molecule has 4 aromatic rings. The second-order valence-corrected chi connectivity index (χ2v) is 14.4. The summed E-state index contributed by atoms with van der Waals surface area (Å²) in [7, 11) is 11.4. The number of aryl methyl sites for hydroxylation is 1. The highest BCUT2D eigenvalue weighted by atomic mass is 35.5. The van der Waals surface area contributed by atoms with Crippen molar-refractivity contribution in [1.29, 1.82) is 0 Å². The van der Waals surface area contributed by atoms with Crippen molar-refractivity contribution in [1.82, 2.24) is 9.80 Å². The number of hydrogen-bond acceptors (Lipinski definition) is 7. The van der Waals surface area contributed by atoms with Gasteiger partial charge in [0.05, 0.1) is 25.1 Å². The minimum atomic E-state index is -0.287. The molecule has 3 amide bonds. The third-order valence-corrected chi connectivity index (χ3v) is 10.2. The average molecular weight is 807 g/mol. The van der Waals surface area contributed by atoms with Crippen LogP contribution in [-0.4, -0.2) is 95.6 Å². The highest BCUT2D eigenvalue weighted by Gasteiger charge is 2.24. The summed E-state index contributed by atoms with van der Waals surface area (Å²) >= 11 is 0. The fourth-order valence-electron chi connectivity index (χ4n) is 6.83. The number of methoxy groups -OCH3 is 1. The van der Waals surface area contributed by atoms with Crippen LogP contribution in [0.4, 0.5) is 17.1 Å². The lowest BCUT2D eigenvalue weighted by Crippen LogP contribution is -2.44. The Labute approximate surface area is 345 Å².